The highest BCUT2D eigenvalue weighted by molar-refractivity contribution is 5.77. The fourth-order valence-electron chi connectivity index (χ4n) is 3.91. The molecule has 0 unspecified atom stereocenters. The molecule has 0 aliphatic carbocycles. The van der Waals surface area contributed by atoms with Crippen molar-refractivity contribution in [3.63, 3.8) is 0 Å². The Morgan fingerprint density at radius 1 is 1.08 bits per heavy atom. The standard InChI is InChI=1S/C27H28FN5O4/c1-27(14-34)15-36-25(37-16-27)24-32-22(18-5-7-19(28)8-6-18)23(33-24)21-11-12-29-26(31-21)30-13-17-3-9-20(35-2)10-4-17/h3-12,25,34H,13-16H2,1-2H3,(H,32,33)(H,29,30,31). The van der Waals surface area contributed by atoms with E-state index in [1.807, 2.05) is 31.2 Å². The molecule has 2 aromatic carbocycles. The van der Waals surface area contributed by atoms with Crippen LogP contribution < -0.4 is 10.1 Å². The second-order valence-corrected chi connectivity index (χ2v) is 9.24. The lowest BCUT2D eigenvalue weighted by Crippen LogP contribution is -2.39. The topological polar surface area (TPSA) is 114 Å². The highest BCUT2D eigenvalue weighted by Gasteiger charge is 2.34. The maximum atomic E-state index is 13.6. The van der Waals surface area contributed by atoms with E-state index in [0.29, 0.717) is 54.2 Å². The second-order valence-electron chi connectivity index (χ2n) is 9.24. The third kappa shape index (κ3) is 5.61. The Labute approximate surface area is 213 Å². The maximum absolute atomic E-state index is 13.6. The Bertz CT molecular complexity index is 1340. The van der Waals surface area contributed by atoms with Gasteiger partial charge in [0.05, 0.1) is 44.0 Å². The van der Waals surface area contributed by atoms with Gasteiger partial charge in [-0.25, -0.2) is 19.3 Å². The SMILES string of the molecule is COc1ccc(CNc2nccc(-c3[nH]c(C4OCC(C)(CO)CO4)nc3-c3ccc(F)cc3)n2)cc1. The zero-order valence-electron chi connectivity index (χ0n) is 20.6. The third-order valence-corrected chi connectivity index (χ3v) is 6.13. The van der Waals surface area contributed by atoms with Crippen LogP contribution in [0.1, 0.15) is 24.6 Å². The number of rotatable bonds is 8. The molecule has 1 saturated heterocycles. The van der Waals surface area contributed by atoms with E-state index < -0.39 is 11.7 Å². The minimum Gasteiger partial charge on any atom is -0.497 e. The van der Waals surface area contributed by atoms with E-state index in [-0.39, 0.29) is 12.4 Å². The number of anilines is 1. The average molecular weight is 506 g/mol. The second kappa shape index (κ2) is 10.6. The van der Waals surface area contributed by atoms with Crippen LogP contribution in [-0.2, 0) is 16.0 Å². The summed E-state index contributed by atoms with van der Waals surface area (Å²) in [5.74, 6) is 1.35. The molecule has 5 rings (SSSR count). The lowest BCUT2D eigenvalue weighted by atomic mass is 9.94. The Hall–Kier alpha value is -3.86. The molecule has 1 fully saturated rings. The monoisotopic (exact) mass is 505 g/mol. The van der Waals surface area contributed by atoms with Crippen molar-refractivity contribution in [1.82, 2.24) is 19.9 Å². The number of hydrogen-bond donors (Lipinski definition) is 3. The highest BCUT2D eigenvalue weighted by Crippen LogP contribution is 2.35. The van der Waals surface area contributed by atoms with Gasteiger partial charge in [0, 0.05) is 23.7 Å². The number of nitrogens with zero attached hydrogens (tertiary/aromatic N) is 3. The van der Waals surface area contributed by atoms with Crippen molar-refractivity contribution in [2.75, 3.05) is 32.2 Å². The lowest BCUT2D eigenvalue weighted by Gasteiger charge is -2.35. The van der Waals surface area contributed by atoms with E-state index in [2.05, 4.69) is 20.3 Å². The summed E-state index contributed by atoms with van der Waals surface area (Å²) in [6.07, 6.45) is 0.926. The van der Waals surface area contributed by atoms with E-state index in [9.17, 15) is 9.50 Å². The summed E-state index contributed by atoms with van der Waals surface area (Å²) in [7, 11) is 1.63. The van der Waals surface area contributed by atoms with Crippen molar-refractivity contribution in [3.05, 3.63) is 78.0 Å². The first-order valence-electron chi connectivity index (χ1n) is 11.9. The van der Waals surface area contributed by atoms with Gasteiger partial charge in [0.25, 0.3) is 0 Å². The molecule has 9 nitrogen and oxygen atoms in total. The molecule has 0 bridgehead atoms. The molecular weight excluding hydrogens is 477 g/mol. The number of hydrogen-bond acceptors (Lipinski definition) is 8. The Morgan fingerprint density at radius 3 is 2.49 bits per heavy atom. The number of aliphatic hydroxyl groups is 1. The van der Waals surface area contributed by atoms with E-state index >= 15 is 0 Å². The van der Waals surface area contributed by atoms with Crippen molar-refractivity contribution >= 4 is 5.95 Å². The van der Waals surface area contributed by atoms with Crippen molar-refractivity contribution in [2.45, 2.75) is 19.8 Å². The molecule has 1 aliphatic rings. The maximum Gasteiger partial charge on any atom is 0.223 e. The summed E-state index contributed by atoms with van der Waals surface area (Å²) >= 11 is 0. The molecule has 0 spiro atoms. The minimum atomic E-state index is -0.734. The number of nitrogens with one attached hydrogen (secondary N) is 2. The van der Waals surface area contributed by atoms with Gasteiger partial charge in [-0.2, -0.15) is 0 Å². The van der Waals surface area contributed by atoms with Crippen molar-refractivity contribution in [1.29, 1.82) is 0 Å². The molecule has 3 N–H and O–H groups in total. The van der Waals surface area contributed by atoms with E-state index in [0.717, 1.165) is 11.3 Å². The smallest absolute Gasteiger partial charge is 0.223 e. The fourth-order valence-corrected chi connectivity index (χ4v) is 3.91. The van der Waals surface area contributed by atoms with Crippen LogP contribution in [0.3, 0.4) is 0 Å². The number of aromatic nitrogens is 4. The predicted octanol–water partition coefficient (Wildman–Crippen LogP) is 4.34. The van der Waals surface area contributed by atoms with Gasteiger partial charge in [-0.15, -0.1) is 0 Å². The van der Waals surface area contributed by atoms with Gasteiger partial charge in [0.15, 0.2) is 5.82 Å². The zero-order chi connectivity index (χ0) is 25.8. The number of H-pyrrole nitrogens is 1. The van der Waals surface area contributed by atoms with Gasteiger partial charge in [-0.3, -0.25) is 0 Å². The molecule has 2 aromatic heterocycles. The van der Waals surface area contributed by atoms with Gasteiger partial charge in [-0.05, 0) is 48.0 Å². The van der Waals surface area contributed by atoms with Crippen LogP contribution in [0.25, 0.3) is 22.6 Å². The van der Waals surface area contributed by atoms with Crippen LogP contribution in [0.4, 0.5) is 10.3 Å². The molecule has 0 saturated carbocycles. The molecule has 0 atom stereocenters. The summed E-state index contributed by atoms with van der Waals surface area (Å²) in [5.41, 5.74) is 3.09. The number of ether oxygens (including phenoxy) is 3. The molecule has 4 aromatic rings. The summed E-state index contributed by atoms with van der Waals surface area (Å²) < 4.78 is 30.6. The van der Waals surface area contributed by atoms with Crippen LogP contribution >= 0.6 is 0 Å². The molecular formula is C27H28FN5O4. The first-order valence-corrected chi connectivity index (χ1v) is 11.9. The number of imidazole rings is 1. The van der Waals surface area contributed by atoms with Gasteiger partial charge in [0.1, 0.15) is 11.6 Å². The Balaban J connectivity index is 1.43. The minimum absolute atomic E-state index is 0.0445. The van der Waals surface area contributed by atoms with Crippen molar-refractivity contribution in [3.8, 4) is 28.4 Å². The molecule has 3 heterocycles. The van der Waals surface area contributed by atoms with Crippen LogP contribution in [0.2, 0.25) is 0 Å². The van der Waals surface area contributed by atoms with Gasteiger partial charge in [-0.1, -0.05) is 19.1 Å². The molecule has 10 heteroatoms. The van der Waals surface area contributed by atoms with Crippen LogP contribution in [0.5, 0.6) is 5.75 Å². The quantitative estimate of drug-likeness (QED) is 0.324. The normalized spacial score (nSPS) is 19.5. The van der Waals surface area contributed by atoms with Crippen LogP contribution in [0, 0.1) is 11.2 Å². The first kappa shape index (κ1) is 24.8. The molecule has 192 valence electrons. The van der Waals surface area contributed by atoms with E-state index in [1.165, 1.54) is 12.1 Å². The summed E-state index contributed by atoms with van der Waals surface area (Å²) in [6.45, 7) is 3.02. The summed E-state index contributed by atoms with van der Waals surface area (Å²) in [6, 6.07) is 15.6. The first-order chi connectivity index (χ1) is 18.0. The van der Waals surface area contributed by atoms with Gasteiger partial charge in [0.2, 0.25) is 12.2 Å². The number of methoxy groups -OCH3 is 1. The molecule has 0 radical (unpaired) electrons. The van der Waals surface area contributed by atoms with Crippen LogP contribution in [0.15, 0.2) is 60.8 Å². The Kier molecular flexibility index (Phi) is 7.13. The third-order valence-electron chi connectivity index (χ3n) is 6.13. The predicted molar refractivity (Wildman–Crippen MR) is 135 cm³/mol. The van der Waals surface area contributed by atoms with Crippen molar-refractivity contribution < 1.29 is 23.7 Å². The van der Waals surface area contributed by atoms with E-state index in [1.54, 1.807) is 31.5 Å². The molecule has 37 heavy (non-hydrogen) atoms. The molecule has 0 amide bonds. The number of halogens is 1. The van der Waals surface area contributed by atoms with Gasteiger partial charge >= 0.3 is 0 Å². The van der Waals surface area contributed by atoms with Crippen LogP contribution in [-0.4, -0.2) is 52.0 Å². The largest absolute Gasteiger partial charge is 0.497 e. The fraction of sp³-hybridized carbons (Fsp3) is 0.296. The summed E-state index contributed by atoms with van der Waals surface area (Å²) in [5, 5.41) is 12.8. The van der Waals surface area contributed by atoms with E-state index in [4.69, 9.17) is 19.2 Å². The lowest BCUT2D eigenvalue weighted by molar-refractivity contribution is -0.239. The Morgan fingerprint density at radius 2 is 1.81 bits per heavy atom. The number of aliphatic hydroxyl groups excluding tert-OH is 1. The van der Waals surface area contributed by atoms with Crippen molar-refractivity contribution in [2.24, 2.45) is 5.41 Å². The number of benzene rings is 2. The zero-order valence-corrected chi connectivity index (χ0v) is 20.6. The molecule has 1 aliphatic heterocycles. The average Bonchev–Trinajstić information content (AvgIpc) is 3.39. The number of aromatic amines is 1. The highest BCUT2D eigenvalue weighted by atomic mass is 19.1. The van der Waals surface area contributed by atoms with Gasteiger partial charge < -0.3 is 29.6 Å². The summed E-state index contributed by atoms with van der Waals surface area (Å²) in [4.78, 5) is 17.1.